The van der Waals surface area contributed by atoms with Gasteiger partial charge >= 0.3 is 6.09 Å². The van der Waals surface area contributed by atoms with Gasteiger partial charge in [-0.15, -0.1) is 0 Å². The number of nitrogens with zero attached hydrogens (tertiary/aromatic N) is 4. The number of azide groups is 1. The van der Waals surface area contributed by atoms with Crippen LogP contribution in [0.1, 0.15) is 46.5 Å². The second-order valence-corrected chi connectivity index (χ2v) is 7.96. The molecule has 110 valence electrons. The van der Waals surface area contributed by atoms with Gasteiger partial charge in [-0.05, 0) is 57.4 Å². The third-order valence-electron chi connectivity index (χ3n) is 4.76. The fraction of sp³-hybridized carbons (Fsp3) is 0.929. The standard InChI is InChI=1S/C14H22N4O2/c1-12(2,3)20-11(19)18-8-14(9-18)6-13(7-14)4-10(5-13)16-17-15/h10H,4-9H2,1-3H3. The summed E-state index contributed by atoms with van der Waals surface area (Å²) < 4.78 is 5.38. The molecule has 0 radical (unpaired) electrons. The Morgan fingerprint density at radius 3 is 2.40 bits per heavy atom. The quantitative estimate of drug-likeness (QED) is 0.418. The Bertz CT molecular complexity index is 468. The van der Waals surface area contributed by atoms with Crippen molar-refractivity contribution in [2.75, 3.05) is 13.1 Å². The number of rotatable bonds is 1. The van der Waals surface area contributed by atoms with Crippen molar-refractivity contribution in [1.82, 2.24) is 4.90 Å². The van der Waals surface area contributed by atoms with Gasteiger partial charge in [0.05, 0.1) is 0 Å². The second kappa shape index (κ2) is 4.04. The molecule has 2 saturated carbocycles. The molecule has 20 heavy (non-hydrogen) atoms. The Kier molecular flexibility index (Phi) is 2.74. The maximum Gasteiger partial charge on any atom is 0.410 e. The molecule has 3 rings (SSSR count). The smallest absolute Gasteiger partial charge is 0.410 e. The molecular formula is C14H22N4O2. The highest BCUT2D eigenvalue weighted by molar-refractivity contribution is 5.69. The summed E-state index contributed by atoms with van der Waals surface area (Å²) >= 11 is 0. The number of ether oxygens (including phenoxy) is 1. The molecule has 2 aliphatic carbocycles. The highest BCUT2D eigenvalue weighted by atomic mass is 16.6. The highest BCUT2D eigenvalue weighted by Gasteiger charge is 2.64. The van der Waals surface area contributed by atoms with E-state index in [1.807, 2.05) is 25.7 Å². The molecule has 0 atom stereocenters. The maximum atomic E-state index is 11.9. The van der Waals surface area contributed by atoms with Crippen molar-refractivity contribution in [3.05, 3.63) is 10.4 Å². The summed E-state index contributed by atoms with van der Waals surface area (Å²) in [6.45, 7) is 7.33. The predicted octanol–water partition coefficient (Wildman–Crippen LogP) is 3.48. The first kappa shape index (κ1) is 13.6. The van der Waals surface area contributed by atoms with E-state index in [1.54, 1.807) is 0 Å². The Balaban J connectivity index is 1.44. The van der Waals surface area contributed by atoms with E-state index in [4.69, 9.17) is 10.3 Å². The zero-order chi connectivity index (χ0) is 14.6. The zero-order valence-corrected chi connectivity index (χ0v) is 12.4. The molecule has 2 spiro atoms. The van der Waals surface area contributed by atoms with Crippen LogP contribution in [0, 0.1) is 10.8 Å². The molecule has 1 amide bonds. The first-order valence-electron chi connectivity index (χ1n) is 7.27. The van der Waals surface area contributed by atoms with Crippen LogP contribution in [0.2, 0.25) is 0 Å². The number of carbonyl (C=O) groups is 1. The first-order valence-corrected chi connectivity index (χ1v) is 7.27. The van der Waals surface area contributed by atoms with Gasteiger partial charge in [0.2, 0.25) is 0 Å². The summed E-state index contributed by atoms with van der Waals surface area (Å²) in [4.78, 5) is 16.6. The minimum absolute atomic E-state index is 0.190. The fourth-order valence-corrected chi connectivity index (χ4v) is 4.37. The molecule has 1 heterocycles. The second-order valence-electron chi connectivity index (χ2n) is 7.96. The number of carbonyl (C=O) groups excluding carboxylic acids is 1. The third-order valence-corrected chi connectivity index (χ3v) is 4.76. The minimum atomic E-state index is -0.419. The highest BCUT2D eigenvalue weighted by Crippen LogP contribution is 2.67. The van der Waals surface area contributed by atoms with Crippen LogP contribution >= 0.6 is 0 Å². The topological polar surface area (TPSA) is 78.3 Å². The third kappa shape index (κ3) is 2.22. The summed E-state index contributed by atoms with van der Waals surface area (Å²) in [5.41, 5.74) is 8.74. The molecular weight excluding hydrogens is 256 g/mol. The molecule has 6 heteroatoms. The molecule has 3 aliphatic rings. The molecule has 6 nitrogen and oxygen atoms in total. The molecule has 1 aliphatic heterocycles. The molecule has 0 bridgehead atoms. The van der Waals surface area contributed by atoms with Gasteiger partial charge in [-0.2, -0.15) is 0 Å². The van der Waals surface area contributed by atoms with Crippen molar-refractivity contribution in [2.24, 2.45) is 15.9 Å². The molecule has 3 fully saturated rings. The molecule has 0 N–H and O–H groups in total. The van der Waals surface area contributed by atoms with E-state index in [2.05, 4.69) is 10.0 Å². The van der Waals surface area contributed by atoms with Crippen LogP contribution in [0.15, 0.2) is 5.11 Å². The number of hydrogen-bond acceptors (Lipinski definition) is 3. The fourth-order valence-electron chi connectivity index (χ4n) is 4.37. The van der Waals surface area contributed by atoms with Gasteiger partial charge in [-0.3, -0.25) is 0 Å². The van der Waals surface area contributed by atoms with Crippen molar-refractivity contribution < 1.29 is 9.53 Å². The summed E-state index contributed by atoms with van der Waals surface area (Å²) in [5.74, 6) is 0. The predicted molar refractivity (Wildman–Crippen MR) is 74.1 cm³/mol. The van der Waals surface area contributed by atoms with Gasteiger partial charge in [0.25, 0.3) is 0 Å². The van der Waals surface area contributed by atoms with E-state index in [0.717, 1.165) is 25.9 Å². The van der Waals surface area contributed by atoms with Crippen LogP contribution in [0.5, 0.6) is 0 Å². The number of likely N-dealkylation sites (tertiary alicyclic amines) is 1. The molecule has 1 saturated heterocycles. The van der Waals surface area contributed by atoms with Crippen molar-refractivity contribution in [2.45, 2.75) is 58.1 Å². The van der Waals surface area contributed by atoms with E-state index in [0.29, 0.717) is 10.8 Å². The maximum absolute atomic E-state index is 11.9. The van der Waals surface area contributed by atoms with E-state index < -0.39 is 5.60 Å². The molecule has 0 aromatic rings. The zero-order valence-electron chi connectivity index (χ0n) is 12.4. The average Bonchev–Trinajstić information content (AvgIpc) is 2.13. The lowest BCUT2D eigenvalue weighted by Crippen LogP contribution is -2.69. The van der Waals surface area contributed by atoms with E-state index in [9.17, 15) is 4.79 Å². The van der Waals surface area contributed by atoms with E-state index in [-0.39, 0.29) is 12.1 Å². The Morgan fingerprint density at radius 1 is 1.30 bits per heavy atom. The van der Waals surface area contributed by atoms with Crippen LogP contribution in [0.4, 0.5) is 4.79 Å². The lowest BCUT2D eigenvalue weighted by atomic mass is 9.42. The van der Waals surface area contributed by atoms with Gasteiger partial charge < -0.3 is 9.64 Å². The van der Waals surface area contributed by atoms with E-state index >= 15 is 0 Å². The van der Waals surface area contributed by atoms with Gasteiger partial charge in [-0.1, -0.05) is 5.11 Å². The molecule has 0 aromatic heterocycles. The minimum Gasteiger partial charge on any atom is -0.444 e. The van der Waals surface area contributed by atoms with Crippen molar-refractivity contribution in [3.63, 3.8) is 0 Å². The lowest BCUT2D eigenvalue weighted by molar-refractivity contribution is -0.173. The van der Waals surface area contributed by atoms with E-state index in [1.165, 1.54) is 12.8 Å². The van der Waals surface area contributed by atoms with Crippen molar-refractivity contribution >= 4 is 6.09 Å². The van der Waals surface area contributed by atoms with Crippen LogP contribution < -0.4 is 0 Å². The normalized spacial score (nSPS) is 26.2. The summed E-state index contributed by atoms with van der Waals surface area (Å²) in [7, 11) is 0. The Hall–Kier alpha value is -1.42. The van der Waals surface area contributed by atoms with Crippen LogP contribution in [0.25, 0.3) is 10.4 Å². The van der Waals surface area contributed by atoms with Gasteiger partial charge in [-0.25, -0.2) is 4.79 Å². The van der Waals surface area contributed by atoms with Gasteiger partial charge in [0.1, 0.15) is 5.60 Å². The number of hydrogen-bond donors (Lipinski definition) is 0. The Labute approximate surface area is 119 Å². The number of amides is 1. The van der Waals surface area contributed by atoms with Gasteiger partial charge in [0.15, 0.2) is 0 Å². The summed E-state index contributed by atoms with van der Waals surface area (Å²) in [6.07, 6.45) is 4.23. The monoisotopic (exact) mass is 278 g/mol. The van der Waals surface area contributed by atoms with Crippen molar-refractivity contribution in [3.8, 4) is 0 Å². The largest absolute Gasteiger partial charge is 0.444 e. The summed E-state index contributed by atoms with van der Waals surface area (Å²) in [6, 6.07) is 0.208. The average molecular weight is 278 g/mol. The Morgan fingerprint density at radius 2 is 1.90 bits per heavy atom. The molecule has 0 aromatic carbocycles. The van der Waals surface area contributed by atoms with Crippen LogP contribution in [-0.2, 0) is 4.74 Å². The first-order chi connectivity index (χ1) is 9.25. The van der Waals surface area contributed by atoms with Crippen LogP contribution in [-0.4, -0.2) is 35.7 Å². The summed E-state index contributed by atoms with van der Waals surface area (Å²) in [5, 5.41) is 3.78. The SMILES string of the molecule is CC(C)(C)OC(=O)N1CC2(C1)CC1(CC(N=[N+]=[N-])C1)C2. The van der Waals surface area contributed by atoms with Gasteiger partial charge in [0, 0.05) is 29.5 Å². The lowest BCUT2D eigenvalue weighted by Gasteiger charge is -2.68. The van der Waals surface area contributed by atoms with Crippen molar-refractivity contribution in [1.29, 1.82) is 0 Å². The van der Waals surface area contributed by atoms with Crippen LogP contribution in [0.3, 0.4) is 0 Å². The molecule has 0 unspecified atom stereocenters.